The number of carbonyl (C=O) groups is 1. The number of likely N-dealkylation sites (tertiary alicyclic amines) is 1. The molecule has 7 heteroatoms. The van der Waals surface area contributed by atoms with E-state index in [4.69, 9.17) is 10.1 Å². The maximum Gasteiger partial charge on any atom is 0.222 e. The van der Waals surface area contributed by atoms with Gasteiger partial charge in [0.15, 0.2) is 5.65 Å². The summed E-state index contributed by atoms with van der Waals surface area (Å²) in [6, 6.07) is 6.43. The summed E-state index contributed by atoms with van der Waals surface area (Å²) in [5.74, 6) is 0.911. The Hall–Kier alpha value is -2.96. The number of halogens is 1. The number of amides is 1. The Bertz CT molecular complexity index is 1060. The highest BCUT2D eigenvalue weighted by Crippen LogP contribution is 2.31. The molecule has 1 fully saturated rings. The van der Waals surface area contributed by atoms with Crippen molar-refractivity contribution in [2.24, 2.45) is 0 Å². The molecule has 1 N–H and O–H groups in total. The number of hydrogen-bond donors (Lipinski definition) is 1. The van der Waals surface area contributed by atoms with Gasteiger partial charge >= 0.3 is 0 Å². The number of benzene rings is 1. The van der Waals surface area contributed by atoms with Gasteiger partial charge in [-0.2, -0.15) is 9.61 Å². The third-order valence-electron chi connectivity index (χ3n) is 5.62. The smallest absolute Gasteiger partial charge is 0.222 e. The largest absolute Gasteiger partial charge is 0.370 e. The molecule has 0 bridgehead atoms. The Labute approximate surface area is 169 Å². The van der Waals surface area contributed by atoms with Crippen molar-refractivity contribution in [2.75, 3.05) is 25.0 Å². The number of hydrogen-bond acceptors (Lipinski definition) is 4. The minimum Gasteiger partial charge on any atom is -0.370 e. The molecule has 0 unspecified atom stereocenters. The van der Waals surface area contributed by atoms with E-state index in [1.54, 1.807) is 12.1 Å². The topological polar surface area (TPSA) is 62.5 Å². The molecule has 29 heavy (non-hydrogen) atoms. The Kier molecular flexibility index (Phi) is 5.22. The predicted octanol–water partition coefficient (Wildman–Crippen LogP) is 3.89. The van der Waals surface area contributed by atoms with E-state index in [1.165, 1.54) is 12.1 Å². The summed E-state index contributed by atoms with van der Waals surface area (Å²) in [5, 5.41) is 8.21. The zero-order valence-electron chi connectivity index (χ0n) is 17.1. The van der Waals surface area contributed by atoms with Gasteiger partial charge < -0.3 is 10.2 Å². The van der Waals surface area contributed by atoms with Gasteiger partial charge in [-0.05, 0) is 51.3 Å². The third kappa shape index (κ3) is 3.69. The molecule has 1 saturated heterocycles. The Morgan fingerprint density at radius 2 is 1.90 bits per heavy atom. The lowest BCUT2D eigenvalue weighted by molar-refractivity contribution is -0.127. The van der Waals surface area contributed by atoms with Gasteiger partial charge in [0.25, 0.3) is 0 Å². The summed E-state index contributed by atoms with van der Waals surface area (Å²) in [5.41, 5.74) is 5.39. The maximum atomic E-state index is 13.4. The van der Waals surface area contributed by atoms with Gasteiger partial charge in [-0.3, -0.25) is 4.79 Å². The number of nitrogens with zero attached hydrogens (tertiary/aromatic N) is 4. The maximum absolute atomic E-state index is 13.4. The quantitative estimate of drug-likeness (QED) is 0.644. The van der Waals surface area contributed by atoms with Crippen LogP contribution in [0.3, 0.4) is 0 Å². The fourth-order valence-corrected chi connectivity index (χ4v) is 3.93. The SMILES string of the molecule is Cc1nc2c(-c3ccc(F)cc3)c(C)nn2c(NCCCN2CCCC2=O)c1C. The average Bonchev–Trinajstić information content (AvgIpc) is 3.25. The van der Waals surface area contributed by atoms with Crippen LogP contribution in [0, 0.1) is 26.6 Å². The van der Waals surface area contributed by atoms with Gasteiger partial charge in [0.2, 0.25) is 5.91 Å². The van der Waals surface area contributed by atoms with Gasteiger partial charge in [-0.25, -0.2) is 9.37 Å². The zero-order valence-corrected chi connectivity index (χ0v) is 17.1. The minimum atomic E-state index is -0.262. The Morgan fingerprint density at radius 1 is 1.14 bits per heavy atom. The van der Waals surface area contributed by atoms with Crippen molar-refractivity contribution in [1.82, 2.24) is 19.5 Å². The van der Waals surface area contributed by atoms with Crippen molar-refractivity contribution in [3.8, 4) is 11.1 Å². The molecule has 0 aliphatic carbocycles. The van der Waals surface area contributed by atoms with Crippen molar-refractivity contribution in [1.29, 1.82) is 0 Å². The second kappa shape index (κ2) is 7.81. The van der Waals surface area contributed by atoms with Crippen molar-refractivity contribution in [3.63, 3.8) is 0 Å². The first-order valence-electron chi connectivity index (χ1n) is 10.1. The fourth-order valence-electron chi connectivity index (χ4n) is 3.93. The highest BCUT2D eigenvalue weighted by atomic mass is 19.1. The van der Waals surface area contributed by atoms with Crippen molar-refractivity contribution in [3.05, 3.63) is 47.0 Å². The first kappa shape index (κ1) is 19.4. The number of aryl methyl sites for hydroxylation is 2. The van der Waals surface area contributed by atoms with Crippen LogP contribution in [-0.4, -0.2) is 45.0 Å². The highest BCUT2D eigenvalue weighted by Gasteiger charge is 2.20. The van der Waals surface area contributed by atoms with E-state index in [1.807, 2.05) is 30.2 Å². The van der Waals surface area contributed by atoms with Gasteiger partial charge in [0.05, 0.1) is 5.69 Å². The zero-order chi connectivity index (χ0) is 20.5. The minimum absolute atomic E-state index is 0.259. The second-order valence-corrected chi connectivity index (χ2v) is 7.64. The van der Waals surface area contributed by atoms with Crippen LogP contribution in [0.1, 0.15) is 36.2 Å². The molecule has 0 atom stereocenters. The predicted molar refractivity (Wildman–Crippen MR) is 112 cm³/mol. The number of fused-ring (bicyclic) bond motifs is 1. The summed E-state index contributed by atoms with van der Waals surface area (Å²) in [7, 11) is 0. The van der Waals surface area contributed by atoms with E-state index in [9.17, 15) is 9.18 Å². The van der Waals surface area contributed by atoms with Crippen LogP contribution in [0.4, 0.5) is 10.2 Å². The molecule has 2 aromatic heterocycles. The lowest BCUT2D eigenvalue weighted by atomic mass is 10.1. The van der Waals surface area contributed by atoms with E-state index in [0.29, 0.717) is 6.42 Å². The van der Waals surface area contributed by atoms with Crippen LogP contribution in [-0.2, 0) is 4.79 Å². The lowest BCUT2D eigenvalue weighted by Gasteiger charge is -2.17. The number of anilines is 1. The standard InChI is InChI=1S/C22H26FN5O/c1-14-15(2)25-22-20(17-7-9-18(23)10-8-17)16(3)26-28(22)21(14)24-11-5-13-27-12-4-6-19(27)29/h7-10,24H,4-6,11-13H2,1-3H3. The second-order valence-electron chi connectivity index (χ2n) is 7.64. The van der Waals surface area contributed by atoms with Crippen LogP contribution in [0.15, 0.2) is 24.3 Å². The van der Waals surface area contributed by atoms with E-state index >= 15 is 0 Å². The molecule has 6 nitrogen and oxygen atoms in total. The fraction of sp³-hybridized carbons (Fsp3) is 0.409. The summed E-state index contributed by atoms with van der Waals surface area (Å²) in [6.45, 7) is 8.35. The molecule has 0 radical (unpaired) electrons. The molecule has 0 spiro atoms. The van der Waals surface area contributed by atoms with Crippen LogP contribution >= 0.6 is 0 Å². The van der Waals surface area contributed by atoms with Crippen molar-refractivity contribution >= 4 is 17.4 Å². The van der Waals surface area contributed by atoms with Crippen LogP contribution in [0.25, 0.3) is 16.8 Å². The first-order chi connectivity index (χ1) is 14.0. The van der Waals surface area contributed by atoms with E-state index in [0.717, 1.165) is 72.0 Å². The number of aromatic nitrogens is 3. The molecule has 152 valence electrons. The molecule has 1 aromatic carbocycles. The lowest BCUT2D eigenvalue weighted by Crippen LogP contribution is -2.27. The molecule has 0 saturated carbocycles. The van der Waals surface area contributed by atoms with Gasteiger partial charge in [0, 0.05) is 42.9 Å². The summed E-state index contributed by atoms with van der Waals surface area (Å²) < 4.78 is 15.2. The molecule has 3 heterocycles. The average molecular weight is 395 g/mol. The van der Waals surface area contributed by atoms with Crippen LogP contribution in [0.2, 0.25) is 0 Å². The van der Waals surface area contributed by atoms with Crippen molar-refractivity contribution in [2.45, 2.75) is 40.0 Å². The van der Waals surface area contributed by atoms with Crippen LogP contribution < -0.4 is 5.32 Å². The Balaban J connectivity index is 1.61. The normalized spacial score (nSPS) is 14.2. The van der Waals surface area contributed by atoms with E-state index in [2.05, 4.69) is 5.32 Å². The number of rotatable bonds is 6. The number of carbonyl (C=O) groups excluding carboxylic acids is 1. The number of nitrogens with one attached hydrogen (secondary N) is 1. The molecular weight excluding hydrogens is 369 g/mol. The van der Waals surface area contributed by atoms with E-state index in [-0.39, 0.29) is 11.7 Å². The third-order valence-corrected chi connectivity index (χ3v) is 5.62. The van der Waals surface area contributed by atoms with Gasteiger partial charge in [0.1, 0.15) is 11.6 Å². The summed E-state index contributed by atoms with van der Waals surface area (Å²) >= 11 is 0. The molecular formula is C22H26FN5O. The van der Waals surface area contributed by atoms with Crippen molar-refractivity contribution < 1.29 is 9.18 Å². The molecule has 3 aromatic rings. The van der Waals surface area contributed by atoms with Gasteiger partial charge in [-0.15, -0.1) is 0 Å². The molecule has 4 rings (SSSR count). The molecule has 1 amide bonds. The monoisotopic (exact) mass is 395 g/mol. The van der Waals surface area contributed by atoms with E-state index < -0.39 is 0 Å². The molecule has 1 aliphatic heterocycles. The highest BCUT2D eigenvalue weighted by molar-refractivity contribution is 5.81. The Morgan fingerprint density at radius 3 is 2.59 bits per heavy atom. The summed E-state index contributed by atoms with van der Waals surface area (Å²) in [4.78, 5) is 18.5. The first-order valence-corrected chi connectivity index (χ1v) is 10.1. The molecule has 1 aliphatic rings. The van der Waals surface area contributed by atoms with Gasteiger partial charge in [-0.1, -0.05) is 12.1 Å². The van der Waals surface area contributed by atoms with Crippen LogP contribution in [0.5, 0.6) is 0 Å². The summed E-state index contributed by atoms with van der Waals surface area (Å²) in [6.07, 6.45) is 2.52.